The van der Waals surface area contributed by atoms with Crippen molar-refractivity contribution in [1.29, 1.82) is 0 Å². The first kappa shape index (κ1) is 16.5. The molecule has 4 heteroatoms. The first-order valence-corrected chi connectivity index (χ1v) is 6.70. The van der Waals surface area contributed by atoms with Crippen LogP contribution in [0.15, 0.2) is 18.2 Å². The fraction of sp³-hybridized carbons (Fsp3) is 0.500. The zero-order valence-electron chi connectivity index (χ0n) is 12.4. The lowest BCUT2D eigenvalue weighted by atomic mass is 10.1. The Balaban J connectivity index is 2.86. The first-order valence-electron chi connectivity index (χ1n) is 6.70. The summed E-state index contributed by atoms with van der Waals surface area (Å²) in [4.78, 5) is 2.04. The van der Waals surface area contributed by atoms with Gasteiger partial charge in [-0.3, -0.25) is 4.90 Å². The van der Waals surface area contributed by atoms with Gasteiger partial charge in [-0.25, -0.2) is 0 Å². The summed E-state index contributed by atoms with van der Waals surface area (Å²) in [7, 11) is 3.60. The Bertz CT molecular complexity index is 474. The van der Waals surface area contributed by atoms with E-state index in [1.54, 1.807) is 14.0 Å². The molecule has 0 aliphatic rings. The van der Waals surface area contributed by atoms with E-state index in [0.717, 1.165) is 16.9 Å². The van der Waals surface area contributed by atoms with Crippen molar-refractivity contribution in [3.05, 3.63) is 29.3 Å². The van der Waals surface area contributed by atoms with Gasteiger partial charge in [0.2, 0.25) is 0 Å². The molecule has 1 rings (SSSR count). The molecule has 4 nitrogen and oxygen atoms in total. The van der Waals surface area contributed by atoms with Crippen LogP contribution in [0.3, 0.4) is 0 Å². The van der Waals surface area contributed by atoms with Crippen LogP contribution < -0.4 is 4.74 Å². The Morgan fingerprint density at radius 1 is 1.40 bits per heavy atom. The van der Waals surface area contributed by atoms with Crippen LogP contribution in [-0.4, -0.2) is 48.5 Å². The lowest BCUT2D eigenvalue weighted by molar-refractivity contribution is 0.138. The molecule has 1 atom stereocenters. The van der Waals surface area contributed by atoms with Crippen molar-refractivity contribution in [2.75, 3.05) is 27.3 Å². The monoisotopic (exact) mass is 277 g/mol. The normalized spacial score (nSPS) is 11.9. The minimum Gasteiger partial charge on any atom is -0.496 e. The molecular formula is C16H23NO3. The second-order valence-corrected chi connectivity index (χ2v) is 4.85. The molecule has 0 aliphatic heterocycles. The summed E-state index contributed by atoms with van der Waals surface area (Å²) in [6.45, 7) is 3.13. The average molecular weight is 277 g/mol. The molecule has 1 aromatic rings. The maximum absolute atomic E-state index is 9.41. The van der Waals surface area contributed by atoms with Crippen molar-refractivity contribution in [2.24, 2.45) is 0 Å². The molecule has 1 aromatic carbocycles. The fourth-order valence-corrected chi connectivity index (χ4v) is 2.01. The summed E-state index contributed by atoms with van der Waals surface area (Å²) in [6.07, 6.45) is 0.113. The van der Waals surface area contributed by atoms with E-state index in [1.807, 2.05) is 30.1 Å². The first-order chi connectivity index (χ1) is 9.56. The predicted octanol–water partition coefficient (Wildman–Crippen LogP) is 1.24. The molecule has 1 unspecified atom stereocenters. The molecule has 20 heavy (non-hydrogen) atoms. The highest BCUT2D eigenvalue weighted by Crippen LogP contribution is 2.21. The highest BCUT2D eigenvalue weighted by Gasteiger charge is 2.09. The van der Waals surface area contributed by atoms with Gasteiger partial charge in [-0.2, -0.15) is 0 Å². The van der Waals surface area contributed by atoms with Crippen LogP contribution in [0.1, 0.15) is 24.5 Å². The number of hydrogen-bond acceptors (Lipinski definition) is 4. The predicted molar refractivity (Wildman–Crippen MR) is 79.6 cm³/mol. The smallest absolute Gasteiger partial charge is 0.123 e. The van der Waals surface area contributed by atoms with Crippen LogP contribution in [-0.2, 0) is 6.54 Å². The van der Waals surface area contributed by atoms with Gasteiger partial charge in [0.1, 0.15) is 5.75 Å². The molecule has 0 heterocycles. The number of rotatable bonds is 6. The third-order valence-corrected chi connectivity index (χ3v) is 2.77. The molecule has 0 saturated carbocycles. The molecule has 2 N–H and O–H groups in total. The maximum Gasteiger partial charge on any atom is 0.123 e. The van der Waals surface area contributed by atoms with E-state index in [1.165, 1.54) is 0 Å². The van der Waals surface area contributed by atoms with Gasteiger partial charge in [-0.1, -0.05) is 11.8 Å². The van der Waals surface area contributed by atoms with E-state index in [0.29, 0.717) is 19.5 Å². The molecule has 0 bridgehead atoms. The van der Waals surface area contributed by atoms with E-state index in [4.69, 9.17) is 9.84 Å². The minimum atomic E-state index is -0.362. The standard InChI is InChI=1S/C16H23NO3/c1-13(19)11-17(2)12-15-10-14(6-4-5-9-18)7-8-16(15)20-3/h7-8,10,13,18-19H,5,9,11-12H2,1-3H3. The number of ether oxygens (including phenoxy) is 1. The van der Waals surface area contributed by atoms with E-state index in [2.05, 4.69) is 11.8 Å². The zero-order valence-corrected chi connectivity index (χ0v) is 12.4. The Hall–Kier alpha value is -1.54. The lowest BCUT2D eigenvalue weighted by Gasteiger charge is -2.20. The van der Waals surface area contributed by atoms with Crippen LogP contribution in [0.25, 0.3) is 0 Å². The largest absolute Gasteiger partial charge is 0.496 e. The van der Waals surface area contributed by atoms with Crippen LogP contribution in [0, 0.1) is 11.8 Å². The Labute approximate surface area is 121 Å². The van der Waals surface area contributed by atoms with Crippen molar-refractivity contribution < 1.29 is 14.9 Å². The SMILES string of the molecule is COc1ccc(C#CCCO)cc1CN(C)CC(C)O. The minimum absolute atomic E-state index is 0.0765. The molecule has 0 radical (unpaired) electrons. The van der Waals surface area contributed by atoms with Gasteiger partial charge in [0.25, 0.3) is 0 Å². The lowest BCUT2D eigenvalue weighted by Crippen LogP contribution is -2.26. The van der Waals surface area contributed by atoms with Gasteiger partial charge in [0, 0.05) is 30.6 Å². The van der Waals surface area contributed by atoms with E-state index >= 15 is 0 Å². The number of aliphatic hydroxyl groups excluding tert-OH is 2. The van der Waals surface area contributed by atoms with Crippen LogP contribution >= 0.6 is 0 Å². The van der Waals surface area contributed by atoms with Gasteiger partial charge in [0.05, 0.1) is 19.8 Å². The molecule has 0 amide bonds. The van der Waals surface area contributed by atoms with Crippen LogP contribution in [0.4, 0.5) is 0 Å². The average Bonchev–Trinajstić information content (AvgIpc) is 2.38. The van der Waals surface area contributed by atoms with E-state index in [9.17, 15) is 5.11 Å². The summed E-state index contributed by atoms with van der Waals surface area (Å²) >= 11 is 0. The quantitative estimate of drug-likeness (QED) is 0.768. The third kappa shape index (κ3) is 5.62. The Morgan fingerprint density at radius 3 is 2.75 bits per heavy atom. The number of benzene rings is 1. The molecule has 0 fully saturated rings. The summed E-state index contributed by atoms with van der Waals surface area (Å²) in [6, 6.07) is 5.79. The summed E-state index contributed by atoms with van der Waals surface area (Å²) in [5, 5.41) is 18.1. The van der Waals surface area contributed by atoms with Gasteiger partial charge in [0.15, 0.2) is 0 Å². The molecule has 0 saturated heterocycles. The molecule has 0 spiro atoms. The molecule has 110 valence electrons. The van der Waals surface area contributed by atoms with E-state index in [-0.39, 0.29) is 12.7 Å². The fourth-order valence-electron chi connectivity index (χ4n) is 2.01. The molecular weight excluding hydrogens is 254 g/mol. The van der Waals surface area contributed by atoms with Crippen molar-refractivity contribution >= 4 is 0 Å². The highest BCUT2D eigenvalue weighted by molar-refractivity contribution is 5.44. The van der Waals surface area contributed by atoms with Gasteiger partial charge < -0.3 is 14.9 Å². The Morgan fingerprint density at radius 2 is 2.15 bits per heavy atom. The topological polar surface area (TPSA) is 52.9 Å². The van der Waals surface area contributed by atoms with Crippen molar-refractivity contribution in [1.82, 2.24) is 4.90 Å². The highest BCUT2D eigenvalue weighted by atomic mass is 16.5. The number of likely N-dealkylation sites (N-methyl/N-ethyl adjacent to an activating group) is 1. The molecule has 0 aromatic heterocycles. The number of aliphatic hydroxyl groups is 2. The second kappa shape index (κ2) is 8.60. The second-order valence-electron chi connectivity index (χ2n) is 4.85. The Kier molecular flexibility index (Phi) is 7.10. The van der Waals surface area contributed by atoms with Crippen molar-refractivity contribution in [3.8, 4) is 17.6 Å². The van der Waals surface area contributed by atoms with Gasteiger partial charge in [-0.15, -0.1) is 0 Å². The van der Waals surface area contributed by atoms with Gasteiger partial charge in [-0.05, 0) is 32.2 Å². The summed E-state index contributed by atoms with van der Waals surface area (Å²) in [5.74, 6) is 6.74. The van der Waals surface area contributed by atoms with Crippen molar-refractivity contribution in [3.63, 3.8) is 0 Å². The summed E-state index contributed by atoms with van der Waals surface area (Å²) < 4.78 is 5.35. The van der Waals surface area contributed by atoms with Crippen LogP contribution in [0.5, 0.6) is 5.75 Å². The summed E-state index contributed by atoms with van der Waals surface area (Å²) in [5.41, 5.74) is 1.94. The number of nitrogens with zero attached hydrogens (tertiary/aromatic N) is 1. The third-order valence-electron chi connectivity index (χ3n) is 2.77. The number of methoxy groups -OCH3 is 1. The van der Waals surface area contributed by atoms with Crippen molar-refractivity contribution in [2.45, 2.75) is 26.0 Å². The zero-order chi connectivity index (χ0) is 15.0. The van der Waals surface area contributed by atoms with E-state index < -0.39 is 0 Å². The number of hydrogen-bond donors (Lipinski definition) is 2. The van der Waals surface area contributed by atoms with Gasteiger partial charge >= 0.3 is 0 Å². The maximum atomic E-state index is 9.41. The molecule has 0 aliphatic carbocycles. The van der Waals surface area contributed by atoms with Crippen LogP contribution in [0.2, 0.25) is 0 Å².